The van der Waals surface area contributed by atoms with E-state index in [0.29, 0.717) is 0 Å². The summed E-state index contributed by atoms with van der Waals surface area (Å²) in [5.74, 6) is 0.998. The fourth-order valence-corrected chi connectivity index (χ4v) is 2.84. The summed E-state index contributed by atoms with van der Waals surface area (Å²) in [7, 11) is 1.65. The van der Waals surface area contributed by atoms with Crippen LogP contribution in [0.25, 0.3) is 6.08 Å². The van der Waals surface area contributed by atoms with Gasteiger partial charge in [-0.3, -0.25) is 4.79 Å². The number of ether oxygens (including phenoxy) is 1. The van der Waals surface area contributed by atoms with Gasteiger partial charge in [-0.1, -0.05) is 57.6 Å². The van der Waals surface area contributed by atoms with Crippen LogP contribution in [0.4, 0.5) is 0 Å². The average molecular weight is 310 g/mol. The highest BCUT2D eigenvalue weighted by Gasteiger charge is 2.38. The summed E-state index contributed by atoms with van der Waals surface area (Å²) in [4.78, 5) is 12.7. The summed E-state index contributed by atoms with van der Waals surface area (Å²) in [6.07, 6.45) is 11.1. The molecule has 1 fully saturated rings. The zero-order chi connectivity index (χ0) is 16.9. The highest BCUT2D eigenvalue weighted by Crippen LogP contribution is 2.43. The molecule has 2 rings (SSSR count). The summed E-state index contributed by atoms with van der Waals surface area (Å²) in [6, 6.07) is 7.81. The number of Topliss-reactive ketones (excluding diaryl/α,β-unsaturated/α-hetero) is 1. The number of hydrogen-bond donors (Lipinski definition) is 0. The Balaban J connectivity index is 2.26. The monoisotopic (exact) mass is 310 g/mol. The lowest BCUT2D eigenvalue weighted by atomic mass is 9.85. The first kappa shape index (κ1) is 17.3. The van der Waals surface area contributed by atoms with E-state index in [0.717, 1.165) is 41.7 Å². The van der Waals surface area contributed by atoms with Crippen LogP contribution in [0.3, 0.4) is 0 Å². The predicted molar refractivity (Wildman–Crippen MR) is 96.5 cm³/mol. The molecule has 2 heteroatoms. The van der Waals surface area contributed by atoms with Gasteiger partial charge in [0, 0.05) is 11.1 Å². The van der Waals surface area contributed by atoms with Crippen LogP contribution in [0.5, 0.6) is 5.75 Å². The van der Waals surface area contributed by atoms with E-state index < -0.39 is 0 Å². The molecule has 1 aromatic rings. The van der Waals surface area contributed by atoms with E-state index in [9.17, 15) is 4.79 Å². The van der Waals surface area contributed by atoms with Gasteiger partial charge in [-0.2, -0.15) is 0 Å². The molecule has 122 valence electrons. The van der Waals surface area contributed by atoms with Crippen molar-refractivity contribution < 1.29 is 9.53 Å². The molecule has 0 aromatic heterocycles. The molecule has 1 saturated carbocycles. The van der Waals surface area contributed by atoms with E-state index in [1.165, 1.54) is 0 Å². The van der Waals surface area contributed by atoms with Crippen molar-refractivity contribution >= 4 is 11.9 Å². The van der Waals surface area contributed by atoms with E-state index >= 15 is 0 Å². The molecule has 0 N–H and O–H groups in total. The van der Waals surface area contributed by atoms with Crippen molar-refractivity contribution in [2.45, 2.75) is 40.0 Å². The first-order chi connectivity index (χ1) is 11.0. The van der Waals surface area contributed by atoms with Crippen LogP contribution in [0, 0.1) is 5.41 Å². The summed E-state index contributed by atoms with van der Waals surface area (Å²) in [6.45, 7) is 6.42. The van der Waals surface area contributed by atoms with Crippen molar-refractivity contribution in [3.05, 3.63) is 59.2 Å². The summed E-state index contributed by atoms with van der Waals surface area (Å²) >= 11 is 0. The Morgan fingerprint density at radius 2 is 1.91 bits per heavy atom. The van der Waals surface area contributed by atoms with Gasteiger partial charge in [0.25, 0.3) is 0 Å². The lowest BCUT2D eigenvalue weighted by Gasteiger charge is -2.17. The number of rotatable bonds is 5. The van der Waals surface area contributed by atoms with Crippen LogP contribution in [0.15, 0.2) is 53.6 Å². The van der Waals surface area contributed by atoms with E-state index in [2.05, 4.69) is 26.8 Å². The molecule has 0 atom stereocenters. The Morgan fingerprint density at radius 3 is 2.52 bits per heavy atom. The lowest BCUT2D eigenvalue weighted by molar-refractivity contribution is -0.111. The predicted octanol–water partition coefficient (Wildman–Crippen LogP) is 5.36. The molecule has 23 heavy (non-hydrogen) atoms. The van der Waals surface area contributed by atoms with Crippen LogP contribution in [-0.4, -0.2) is 12.9 Å². The van der Waals surface area contributed by atoms with Crippen molar-refractivity contribution in [3.63, 3.8) is 0 Å². The second-order valence-electron chi connectivity index (χ2n) is 6.63. The molecule has 1 aromatic carbocycles. The molecule has 0 spiro atoms. The third-order valence-electron chi connectivity index (χ3n) is 4.21. The molecule has 0 radical (unpaired) electrons. The Morgan fingerprint density at radius 1 is 1.22 bits per heavy atom. The quantitative estimate of drug-likeness (QED) is 0.684. The molecule has 1 aliphatic rings. The first-order valence-corrected chi connectivity index (χ1v) is 8.24. The lowest BCUT2D eigenvalue weighted by Crippen LogP contribution is -2.10. The van der Waals surface area contributed by atoms with Gasteiger partial charge >= 0.3 is 0 Å². The normalized spacial score (nSPS) is 20.8. The standard InChI is InChI=1S/C21H26O2/c1-5-6-7-8-9-17-15-21(2,3)19(20(17)22)14-16-10-12-18(23-4)13-11-16/h7-14H,5-6,15H2,1-4H3/b8-7-,17-9+,19-14-. The molecule has 0 heterocycles. The molecule has 0 amide bonds. The molecule has 0 saturated heterocycles. The molecule has 1 aliphatic carbocycles. The summed E-state index contributed by atoms with van der Waals surface area (Å²) < 4.78 is 5.18. The highest BCUT2D eigenvalue weighted by atomic mass is 16.5. The zero-order valence-corrected chi connectivity index (χ0v) is 14.6. The van der Waals surface area contributed by atoms with Gasteiger partial charge < -0.3 is 4.74 Å². The maximum absolute atomic E-state index is 12.7. The van der Waals surface area contributed by atoms with E-state index in [-0.39, 0.29) is 11.2 Å². The van der Waals surface area contributed by atoms with E-state index in [1.54, 1.807) is 7.11 Å². The number of carbonyl (C=O) groups is 1. The number of methoxy groups -OCH3 is 1. The maximum atomic E-state index is 12.7. The van der Waals surface area contributed by atoms with Gasteiger partial charge in [-0.05, 0) is 42.0 Å². The Hall–Kier alpha value is -2.09. The van der Waals surface area contributed by atoms with Gasteiger partial charge in [0.1, 0.15) is 5.75 Å². The number of hydrogen-bond acceptors (Lipinski definition) is 2. The van der Waals surface area contributed by atoms with Gasteiger partial charge in [0.05, 0.1) is 7.11 Å². The van der Waals surface area contributed by atoms with Crippen molar-refractivity contribution in [1.82, 2.24) is 0 Å². The fraction of sp³-hybridized carbons (Fsp3) is 0.381. The fourth-order valence-electron chi connectivity index (χ4n) is 2.84. The minimum atomic E-state index is -0.124. The van der Waals surface area contributed by atoms with Gasteiger partial charge in [-0.25, -0.2) is 0 Å². The number of allylic oxidation sites excluding steroid dienone is 5. The summed E-state index contributed by atoms with van der Waals surface area (Å²) in [5.41, 5.74) is 2.70. The van der Waals surface area contributed by atoms with Crippen molar-refractivity contribution in [2.75, 3.05) is 7.11 Å². The van der Waals surface area contributed by atoms with Gasteiger partial charge in [-0.15, -0.1) is 0 Å². The van der Waals surface area contributed by atoms with Crippen LogP contribution >= 0.6 is 0 Å². The minimum absolute atomic E-state index is 0.124. The van der Waals surface area contributed by atoms with E-state index in [1.807, 2.05) is 42.5 Å². The molecule has 0 aliphatic heterocycles. The largest absolute Gasteiger partial charge is 0.497 e. The van der Waals surface area contributed by atoms with Crippen LogP contribution < -0.4 is 4.74 Å². The van der Waals surface area contributed by atoms with Crippen LogP contribution in [0.1, 0.15) is 45.6 Å². The Kier molecular flexibility index (Phi) is 5.59. The maximum Gasteiger partial charge on any atom is 0.185 e. The summed E-state index contributed by atoms with van der Waals surface area (Å²) in [5, 5.41) is 0. The SMILES string of the molecule is CCC/C=C\C=C1/CC(C)(C)/C(=C\c2ccc(OC)cc2)C1=O. The van der Waals surface area contributed by atoms with E-state index in [4.69, 9.17) is 4.74 Å². The first-order valence-electron chi connectivity index (χ1n) is 8.24. The molecular weight excluding hydrogens is 284 g/mol. The van der Waals surface area contributed by atoms with Gasteiger partial charge in [0.15, 0.2) is 5.78 Å². The van der Waals surface area contributed by atoms with Crippen LogP contribution in [-0.2, 0) is 4.79 Å². The number of carbonyl (C=O) groups excluding carboxylic acids is 1. The molecule has 0 unspecified atom stereocenters. The number of unbranched alkanes of at least 4 members (excludes halogenated alkanes) is 1. The van der Waals surface area contributed by atoms with Gasteiger partial charge in [0.2, 0.25) is 0 Å². The topological polar surface area (TPSA) is 26.3 Å². The van der Waals surface area contributed by atoms with Crippen molar-refractivity contribution in [3.8, 4) is 5.75 Å². The Labute approximate surface area is 139 Å². The third kappa shape index (κ3) is 4.22. The molecule has 0 bridgehead atoms. The second kappa shape index (κ2) is 7.45. The van der Waals surface area contributed by atoms with Crippen LogP contribution in [0.2, 0.25) is 0 Å². The molecule has 2 nitrogen and oxygen atoms in total. The van der Waals surface area contributed by atoms with Crippen molar-refractivity contribution in [1.29, 1.82) is 0 Å². The Bertz CT molecular complexity index is 643. The average Bonchev–Trinajstić information content (AvgIpc) is 2.75. The third-order valence-corrected chi connectivity index (χ3v) is 4.21. The minimum Gasteiger partial charge on any atom is -0.497 e. The highest BCUT2D eigenvalue weighted by molar-refractivity contribution is 6.14. The zero-order valence-electron chi connectivity index (χ0n) is 14.6. The smallest absolute Gasteiger partial charge is 0.185 e. The van der Waals surface area contributed by atoms with Crippen molar-refractivity contribution in [2.24, 2.45) is 5.41 Å². The number of benzene rings is 1. The second-order valence-corrected chi connectivity index (χ2v) is 6.63. The number of ketones is 1. The molecular formula is C21H26O2.